The van der Waals surface area contributed by atoms with Gasteiger partial charge in [-0.2, -0.15) is 0 Å². The van der Waals surface area contributed by atoms with Gasteiger partial charge in [0.1, 0.15) is 0 Å². The molecule has 2 heterocycles. The van der Waals surface area contributed by atoms with Crippen molar-refractivity contribution in [2.75, 3.05) is 5.32 Å². The maximum Gasteiger partial charge on any atom is 0.223 e. The molecule has 7 nitrogen and oxygen atoms in total. The van der Waals surface area contributed by atoms with Crippen LogP contribution in [0.5, 0.6) is 0 Å². The largest absolute Gasteiger partial charge is 0.302 e. The summed E-state index contributed by atoms with van der Waals surface area (Å²) < 4.78 is 1.94. The topological polar surface area (TPSA) is 85.6 Å². The second-order valence-corrected chi connectivity index (χ2v) is 6.76. The highest BCUT2D eigenvalue weighted by atomic mass is 32.2. The highest BCUT2D eigenvalue weighted by Gasteiger charge is 2.21. The van der Waals surface area contributed by atoms with Crippen LogP contribution in [0.15, 0.2) is 10.5 Å². The zero-order chi connectivity index (χ0) is 14.7. The zero-order valence-electron chi connectivity index (χ0n) is 11.7. The molecule has 2 aromatic heterocycles. The second-order valence-electron chi connectivity index (χ2n) is 4.96. The number of anilines is 1. The summed E-state index contributed by atoms with van der Waals surface area (Å²) in [4.78, 5) is 15.3. The number of tetrazole rings is 1. The Morgan fingerprint density at radius 1 is 1.52 bits per heavy atom. The summed E-state index contributed by atoms with van der Waals surface area (Å²) in [6.45, 7) is 1.48. The first kappa shape index (κ1) is 14.5. The molecule has 0 saturated heterocycles. The van der Waals surface area contributed by atoms with Crippen LogP contribution >= 0.6 is 23.1 Å². The predicted octanol–water partition coefficient (Wildman–Crippen LogP) is 2.50. The first-order valence-electron chi connectivity index (χ1n) is 6.85. The highest BCUT2D eigenvalue weighted by molar-refractivity contribution is 7.98. The molecular formula is C12H16N6OS2. The number of hydrogen-bond acceptors (Lipinski definition) is 7. The van der Waals surface area contributed by atoms with Gasteiger partial charge in [0.15, 0.2) is 5.13 Å². The Kier molecular flexibility index (Phi) is 4.49. The minimum Gasteiger partial charge on any atom is -0.302 e. The number of thiazole rings is 1. The molecule has 0 aromatic carbocycles. The number of nitrogens with one attached hydrogen (secondary N) is 1. The number of thioether (sulfide) groups is 1. The molecule has 1 aliphatic carbocycles. The average molecular weight is 324 g/mol. The van der Waals surface area contributed by atoms with E-state index in [1.54, 1.807) is 11.8 Å². The van der Waals surface area contributed by atoms with Gasteiger partial charge in [-0.15, -0.1) is 16.4 Å². The van der Waals surface area contributed by atoms with Gasteiger partial charge >= 0.3 is 0 Å². The number of carbonyl (C=O) groups excluding carboxylic acids is 1. The van der Waals surface area contributed by atoms with E-state index < -0.39 is 0 Å². The molecule has 3 rings (SSSR count). The van der Waals surface area contributed by atoms with Crippen molar-refractivity contribution in [1.29, 1.82) is 0 Å². The molecule has 0 aliphatic heterocycles. The fraction of sp³-hybridized carbons (Fsp3) is 0.583. The van der Waals surface area contributed by atoms with E-state index in [9.17, 15) is 4.79 Å². The minimum atomic E-state index is -0.103. The Bertz CT molecular complexity index is 619. The van der Waals surface area contributed by atoms with E-state index in [2.05, 4.69) is 25.8 Å². The number of amides is 1. The standard InChI is InChI=1S/C12H16N6OS2/c1-8(19)13-11-14-9(6-20-11)7-21-12-15-16-17-18(12)10-4-2-3-5-10/h6,10H,2-5,7H2,1H3,(H,13,14,19). The van der Waals surface area contributed by atoms with Crippen molar-refractivity contribution in [2.45, 2.75) is 49.6 Å². The summed E-state index contributed by atoms with van der Waals surface area (Å²) >= 11 is 3.01. The molecule has 1 aliphatic rings. The van der Waals surface area contributed by atoms with Crippen molar-refractivity contribution in [3.05, 3.63) is 11.1 Å². The van der Waals surface area contributed by atoms with Crippen LogP contribution in [0.2, 0.25) is 0 Å². The van der Waals surface area contributed by atoms with Crippen molar-refractivity contribution in [1.82, 2.24) is 25.2 Å². The maximum absolute atomic E-state index is 11.0. The van der Waals surface area contributed by atoms with Gasteiger partial charge in [0.05, 0.1) is 11.7 Å². The molecule has 0 spiro atoms. The Hall–Kier alpha value is -1.48. The van der Waals surface area contributed by atoms with Crippen LogP contribution in [-0.2, 0) is 10.5 Å². The van der Waals surface area contributed by atoms with E-state index in [1.807, 2.05) is 10.1 Å². The van der Waals surface area contributed by atoms with Crippen LogP contribution in [-0.4, -0.2) is 31.1 Å². The van der Waals surface area contributed by atoms with Gasteiger partial charge in [-0.25, -0.2) is 9.67 Å². The van der Waals surface area contributed by atoms with Crippen LogP contribution in [0.25, 0.3) is 0 Å². The first-order valence-corrected chi connectivity index (χ1v) is 8.71. The number of carbonyl (C=O) groups is 1. The Labute approximate surface area is 130 Å². The monoisotopic (exact) mass is 324 g/mol. The lowest BCUT2D eigenvalue weighted by Crippen LogP contribution is -2.08. The van der Waals surface area contributed by atoms with Crippen LogP contribution in [0, 0.1) is 0 Å². The summed E-state index contributed by atoms with van der Waals surface area (Å²) in [5, 5.41) is 18.1. The van der Waals surface area contributed by atoms with E-state index in [0.717, 1.165) is 23.7 Å². The van der Waals surface area contributed by atoms with E-state index in [4.69, 9.17) is 0 Å². The third-order valence-electron chi connectivity index (χ3n) is 3.32. The molecule has 0 bridgehead atoms. The zero-order valence-corrected chi connectivity index (χ0v) is 13.3. The molecule has 21 heavy (non-hydrogen) atoms. The average Bonchev–Trinajstić information content (AvgIpc) is 3.17. The van der Waals surface area contributed by atoms with Crippen molar-refractivity contribution in [3.63, 3.8) is 0 Å². The van der Waals surface area contributed by atoms with Crippen LogP contribution in [0.4, 0.5) is 5.13 Å². The molecule has 1 amide bonds. The maximum atomic E-state index is 11.0. The molecule has 1 saturated carbocycles. The Balaban J connectivity index is 1.61. The van der Waals surface area contributed by atoms with Gasteiger partial charge in [0.2, 0.25) is 11.1 Å². The Morgan fingerprint density at radius 3 is 3.10 bits per heavy atom. The second kappa shape index (κ2) is 6.52. The molecule has 9 heteroatoms. The van der Waals surface area contributed by atoms with Gasteiger partial charge in [0, 0.05) is 18.1 Å². The molecule has 0 atom stereocenters. The third-order valence-corrected chi connectivity index (χ3v) is 5.09. The van der Waals surface area contributed by atoms with E-state index in [1.165, 1.54) is 31.1 Å². The summed E-state index contributed by atoms with van der Waals surface area (Å²) in [6, 6.07) is 0.438. The smallest absolute Gasteiger partial charge is 0.223 e. The predicted molar refractivity (Wildman–Crippen MR) is 81.3 cm³/mol. The molecule has 112 valence electrons. The van der Waals surface area contributed by atoms with Crippen molar-refractivity contribution >= 4 is 34.1 Å². The van der Waals surface area contributed by atoms with Gasteiger partial charge in [0.25, 0.3) is 0 Å². The molecular weight excluding hydrogens is 308 g/mol. The molecule has 2 aromatic rings. The summed E-state index contributed by atoms with van der Waals surface area (Å²) in [7, 11) is 0. The molecule has 1 N–H and O–H groups in total. The first-order chi connectivity index (χ1) is 10.2. The Morgan fingerprint density at radius 2 is 2.33 bits per heavy atom. The van der Waals surface area contributed by atoms with Crippen LogP contribution in [0.1, 0.15) is 44.3 Å². The molecule has 0 radical (unpaired) electrons. The van der Waals surface area contributed by atoms with Crippen LogP contribution < -0.4 is 5.32 Å². The number of aromatic nitrogens is 5. The quantitative estimate of drug-likeness (QED) is 0.851. The number of rotatable bonds is 5. The van der Waals surface area contributed by atoms with Crippen molar-refractivity contribution in [2.24, 2.45) is 0 Å². The normalized spacial score (nSPS) is 15.5. The molecule has 0 unspecified atom stereocenters. The van der Waals surface area contributed by atoms with Gasteiger partial charge in [-0.1, -0.05) is 24.6 Å². The third kappa shape index (κ3) is 3.59. The summed E-state index contributed by atoms with van der Waals surface area (Å²) in [6.07, 6.45) is 4.81. The van der Waals surface area contributed by atoms with Gasteiger partial charge < -0.3 is 5.32 Å². The highest BCUT2D eigenvalue weighted by Crippen LogP contribution is 2.32. The summed E-state index contributed by atoms with van der Waals surface area (Å²) in [5.74, 6) is 0.595. The lowest BCUT2D eigenvalue weighted by Gasteiger charge is -2.10. The number of hydrogen-bond donors (Lipinski definition) is 1. The lowest BCUT2D eigenvalue weighted by atomic mass is 10.3. The SMILES string of the molecule is CC(=O)Nc1nc(CSc2nnnn2C2CCCC2)cs1. The van der Waals surface area contributed by atoms with E-state index in [0.29, 0.717) is 16.9 Å². The van der Waals surface area contributed by atoms with E-state index in [-0.39, 0.29) is 5.91 Å². The lowest BCUT2D eigenvalue weighted by molar-refractivity contribution is -0.114. The van der Waals surface area contributed by atoms with Gasteiger partial charge in [-0.3, -0.25) is 4.79 Å². The molecule has 1 fully saturated rings. The fourth-order valence-corrected chi connectivity index (χ4v) is 4.08. The van der Waals surface area contributed by atoms with E-state index >= 15 is 0 Å². The number of nitrogens with zero attached hydrogens (tertiary/aromatic N) is 5. The summed E-state index contributed by atoms with van der Waals surface area (Å²) in [5.41, 5.74) is 0.926. The fourth-order valence-electron chi connectivity index (χ4n) is 2.38. The van der Waals surface area contributed by atoms with Crippen molar-refractivity contribution < 1.29 is 4.79 Å². The van der Waals surface area contributed by atoms with Crippen molar-refractivity contribution in [3.8, 4) is 0 Å². The van der Waals surface area contributed by atoms with Gasteiger partial charge in [-0.05, 0) is 23.3 Å². The minimum absolute atomic E-state index is 0.103. The van der Waals surface area contributed by atoms with Crippen LogP contribution in [0.3, 0.4) is 0 Å².